The summed E-state index contributed by atoms with van der Waals surface area (Å²) in [6.07, 6.45) is 0. The molecule has 23 heavy (non-hydrogen) atoms. The van der Waals surface area contributed by atoms with Gasteiger partial charge in [-0.25, -0.2) is 0 Å². The Bertz CT molecular complexity index is 914. The predicted molar refractivity (Wildman–Crippen MR) is 98.3 cm³/mol. The summed E-state index contributed by atoms with van der Waals surface area (Å²) < 4.78 is 0. The van der Waals surface area contributed by atoms with Gasteiger partial charge in [0, 0.05) is 5.57 Å². The second-order valence-electron chi connectivity index (χ2n) is 6.46. The molecule has 0 bridgehead atoms. The van der Waals surface area contributed by atoms with Gasteiger partial charge in [0.25, 0.3) is 0 Å². The predicted octanol–water partition coefficient (Wildman–Crippen LogP) is 6.08. The van der Waals surface area contributed by atoms with Gasteiger partial charge in [0.05, 0.1) is 0 Å². The highest BCUT2D eigenvalue weighted by Gasteiger charge is 2.35. The van der Waals surface area contributed by atoms with Gasteiger partial charge >= 0.3 is 0 Å². The molecule has 4 rings (SSSR count). The summed E-state index contributed by atoms with van der Waals surface area (Å²) in [5, 5.41) is 2.56. The fraction of sp³-hybridized carbons (Fsp3) is 0.174. The zero-order valence-corrected chi connectivity index (χ0v) is 13.6. The molecule has 3 aromatic rings. The van der Waals surface area contributed by atoms with E-state index in [1.165, 1.54) is 33.0 Å². The third-order valence-corrected chi connectivity index (χ3v) is 4.99. The maximum Gasteiger partial charge on any atom is 0.0309 e. The minimum Gasteiger partial charge on any atom is -0.112 e. The van der Waals surface area contributed by atoms with E-state index in [0.717, 1.165) is 0 Å². The Balaban J connectivity index is 1.93. The highest BCUT2D eigenvalue weighted by Crippen LogP contribution is 2.44. The summed E-state index contributed by atoms with van der Waals surface area (Å²) in [5.74, 6) is 1.32. The van der Waals surface area contributed by atoms with E-state index < -0.39 is 0 Å². The Morgan fingerprint density at radius 2 is 1.35 bits per heavy atom. The molecule has 0 spiro atoms. The fourth-order valence-electron chi connectivity index (χ4n) is 3.20. The molecule has 3 aromatic carbocycles. The number of allylic oxidation sites excluding steroid dienone is 1. The van der Waals surface area contributed by atoms with Gasteiger partial charge in [-0.1, -0.05) is 80.6 Å². The molecule has 0 N–H and O–H groups in total. The molecule has 0 saturated heterocycles. The third-order valence-electron chi connectivity index (χ3n) is 4.99. The van der Waals surface area contributed by atoms with E-state index in [1.54, 1.807) is 0 Å². The van der Waals surface area contributed by atoms with Crippen LogP contribution in [0.4, 0.5) is 0 Å². The first-order chi connectivity index (χ1) is 11.2. The summed E-state index contributed by atoms with van der Waals surface area (Å²) in [7, 11) is 0. The lowest BCUT2D eigenvalue weighted by Crippen LogP contribution is -1.87. The summed E-state index contributed by atoms with van der Waals surface area (Å²) in [5.41, 5.74) is 8.86. The second kappa shape index (κ2) is 5.57. The van der Waals surface area contributed by atoms with Gasteiger partial charge in [0.15, 0.2) is 0 Å². The summed E-state index contributed by atoms with van der Waals surface area (Å²) >= 11 is 0. The monoisotopic (exact) mass is 296 g/mol. The maximum atomic E-state index is 3.72. The Morgan fingerprint density at radius 1 is 0.696 bits per heavy atom. The first-order valence-corrected chi connectivity index (χ1v) is 8.29. The van der Waals surface area contributed by atoms with Crippen molar-refractivity contribution in [2.24, 2.45) is 11.8 Å². The van der Waals surface area contributed by atoms with E-state index in [1.807, 2.05) is 0 Å². The number of fused-ring (bicyclic) bond motifs is 1. The molecule has 0 radical (unpaired) electrons. The quantitative estimate of drug-likeness (QED) is 0.502. The zero-order valence-electron chi connectivity index (χ0n) is 13.6. The van der Waals surface area contributed by atoms with E-state index in [2.05, 4.69) is 92.4 Å². The van der Waals surface area contributed by atoms with Crippen molar-refractivity contribution < 1.29 is 0 Å². The molecule has 1 saturated carbocycles. The number of hydrogen-bond donors (Lipinski definition) is 0. The zero-order chi connectivity index (χ0) is 15.8. The summed E-state index contributed by atoms with van der Waals surface area (Å²) in [6, 6.07) is 25.9. The van der Waals surface area contributed by atoms with Crippen LogP contribution in [-0.4, -0.2) is 0 Å². The fourth-order valence-corrected chi connectivity index (χ4v) is 3.20. The first kappa shape index (κ1) is 14.1. The normalized spacial score (nSPS) is 19.5. The van der Waals surface area contributed by atoms with Crippen LogP contribution in [0, 0.1) is 11.8 Å². The van der Waals surface area contributed by atoms with Crippen LogP contribution in [0.25, 0.3) is 16.3 Å². The van der Waals surface area contributed by atoms with Crippen LogP contribution in [0.15, 0.2) is 84.1 Å². The van der Waals surface area contributed by atoms with Gasteiger partial charge < -0.3 is 0 Å². The van der Waals surface area contributed by atoms with E-state index >= 15 is 0 Å². The lowest BCUT2D eigenvalue weighted by atomic mass is 9.96. The lowest BCUT2D eigenvalue weighted by molar-refractivity contribution is 0.834. The van der Waals surface area contributed by atoms with Gasteiger partial charge in [-0.3, -0.25) is 0 Å². The lowest BCUT2D eigenvalue weighted by Gasteiger charge is -2.07. The molecule has 1 aliphatic rings. The summed E-state index contributed by atoms with van der Waals surface area (Å²) in [4.78, 5) is 0. The van der Waals surface area contributed by atoms with Crippen molar-refractivity contribution in [3.05, 3.63) is 95.2 Å². The van der Waals surface area contributed by atoms with Crippen LogP contribution >= 0.6 is 0 Å². The van der Waals surface area contributed by atoms with Gasteiger partial charge in [0.2, 0.25) is 0 Å². The molecular weight excluding hydrogens is 276 g/mol. The van der Waals surface area contributed by atoms with Gasteiger partial charge in [-0.2, -0.15) is 0 Å². The molecule has 2 atom stereocenters. The topological polar surface area (TPSA) is 0 Å². The standard InChI is InChI=1S/C23H20/c1-16-17(2)22(16)15-23(19-9-4-3-5-10-19)21-13-12-18-8-6-7-11-20(18)14-21/h3-14,16-17H,1-2H3/t16-,17-/m1/s1. The van der Waals surface area contributed by atoms with Crippen LogP contribution in [0.2, 0.25) is 0 Å². The van der Waals surface area contributed by atoms with Crippen molar-refractivity contribution in [2.75, 3.05) is 0 Å². The number of rotatable bonds is 2. The molecular formula is C23H20. The van der Waals surface area contributed by atoms with Crippen molar-refractivity contribution in [1.29, 1.82) is 0 Å². The summed E-state index contributed by atoms with van der Waals surface area (Å²) in [6.45, 7) is 4.58. The van der Waals surface area contributed by atoms with Crippen molar-refractivity contribution in [3.63, 3.8) is 0 Å². The van der Waals surface area contributed by atoms with Gasteiger partial charge in [-0.05, 0) is 45.4 Å². The minimum absolute atomic E-state index is 0.661. The first-order valence-electron chi connectivity index (χ1n) is 8.29. The molecule has 0 amide bonds. The van der Waals surface area contributed by atoms with Crippen molar-refractivity contribution in [1.82, 2.24) is 0 Å². The largest absolute Gasteiger partial charge is 0.112 e. The van der Waals surface area contributed by atoms with Crippen molar-refractivity contribution in [2.45, 2.75) is 13.8 Å². The van der Waals surface area contributed by atoms with E-state index in [4.69, 9.17) is 0 Å². The van der Waals surface area contributed by atoms with Crippen molar-refractivity contribution in [3.8, 4) is 0 Å². The average Bonchev–Trinajstić information content (AvgIpc) is 3.18. The van der Waals surface area contributed by atoms with Crippen LogP contribution in [0.1, 0.15) is 25.0 Å². The molecule has 0 nitrogen and oxygen atoms in total. The average molecular weight is 296 g/mol. The number of hydrogen-bond acceptors (Lipinski definition) is 0. The maximum absolute atomic E-state index is 3.72. The molecule has 1 fully saturated rings. The smallest absolute Gasteiger partial charge is 0.0309 e. The van der Waals surface area contributed by atoms with Crippen LogP contribution in [0.3, 0.4) is 0 Å². The molecule has 1 aliphatic carbocycles. The molecule has 0 aliphatic heterocycles. The number of benzene rings is 3. The highest BCUT2D eigenvalue weighted by molar-refractivity contribution is 5.89. The Morgan fingerprint density at radius 3 is 2.04 bits per heavy atom. The van der Waals surface area contributed by atoms with Crippen LogP contribution in [-0.2, 0) is 0 Å². The van der Waals surface area contributed by atoms with Crippen molar-refractivity contribution >= 4 is 16.3 Å². The van der Waals surface area contributed by atoms with Gasteiger partial charge in [0.1, 0.15) is 0 Å². The Hall–Kier alpha value is -2.56. The molecule has 0 aromatic heterocycles. The van der Waals surface area contributed by atoms with Gasteiger partial charge in [-0.15, -0.1) is 5.73 Å². The molecule has 112 valence electrons. The SMILES string of the molecule is C[C@H]1C(=C=C(c2ccccc2)c2ccc3ccccc3c2)[C@@H]1C. The van der Waals surface area contributed by atoms with E-state index in [0.29, 0.717) is 11.8 Å². The minimum atomic E-state index is 0.661. The van der Waals surface area contributed by atoms with E-state index in [9.17, 15) is 0 Å². The molecule has 0 heteroatoms. The molecule has 0 unspecified atom stereocenters. The van der Waals surface area contributed by atoms with Crippen LogP contribution in [0.5, 0.6) is 0 Å². The Labute approximate surface area is 137 Å². The second-order valence-corrected chi connectivity index (χ2v) is 6.46. The Kier molecular flexibility index (Phi) is 3.41. The highest BCUT2D eigenvalue weighted by atomic mass is 14.4. The van der Waals surface area contributed by atoms with E-state index in [-0.39, 0.29) is 0 Å². The third kappa shape index (κ3) is 2.63. The van der Waals surface area contributed by atoms with Crippen LogP contribution < -0.4 is 0 Å². The molecule has 0 heterocycles.